The molecule has 12 rings (SSSR count). The van der Waals surface area contributed by atoms with Gasteiger partial charge in [-0.25, -0.2) is 0 Å². The van der Waals surface area contributed by atoms with Crippen molar-refractivity contribution in [1.29, 1.82) is 0 Å². The predicted octanol–water partition coefficient (Wildman–Crippen LogP) is 2.30. The zero-order chi connectivity index (χ0) is 20.3. The van der Waals surface area contributed by atoms with Gasteiger partial charge >= 0.3 is 0 Å². The monoisotopic (exact) mass is 664 g/mol. The van der Waals surface area contributed by atoms with Crippen LogP contribution in [0.1, 0.15) is 0 Å². The third-order valence-electron chi connectivity index (χ3n) is 14.4. The summed E-state index contributed by atoms with van der Waals surface area (Å²) in [4.78, 5) is 0. The minimum atomic E-state index is -0.784. The largest absolute Gasteiger partial charge is 0.388 e. The van der Waals surface area contributed by atoms with Crippen molar-refractivity contribution in [3.05, 3.63) is 0 Å². The van der Waals surface area contributed by atoms with Gasteiger partial charge in [0.05, 0.1) is 39.7 Å². The van der Waals surface area contributed by atoms with E-state index in [1.807, 2.05) is 14.2 Å². The predicted molar refractivity (Wildman–Crippen MR) is 118 cm³/mol. The lowest BCUT2D eigenvalue weighted by Crippen LogP contribution is -2.60. The Morgan fingerprint density at radius 2 is 0.833 bits per heavy atom. The van der Waals surface area contributed by atoms with Crippen molar-refractivity contribution in [3.8, 4) is 0 Å². The summed E-state index contributed by atoms with van der Waals surface area (Å²) in [6.45, 7) is 0. The number of hydrogen-bond donors (Lipinski definition) is 2. The maximum Gasteiger partial charge on any atom is 0.0942 e. The summed E-state index contributed by atoms with van der Waals surface area (Å²) in [5.74, 6) is 2.97. The molecule has 2 N–H and O–H groups in total. The Kier molecular flexibility index (Phi) is 2.03. The average Bonchev–Trinajstić information content (AvgIpc) is 3.49. The summed E-state index contributed by atoms with van der Waals surface area (Å²) in [6, 6.07) is 0. The number of hydrogen-bond acceptors (Lipinski definition) is 4. The fourth-order valence-electron chi connectivity index (χ4n) is 15.9. The van der Waals surface area contributed by atoms with E-state index in [0.29, 0.717) is 23.7 Å². The molecule has 0 aromatic rings. The molecule has 0 amide bonds. The molecule has 20 atom stereocenters. The van der Waals surface area contributed by atoms with Gasteiger partial charge in [0.25, 0.3) is 0 Å². The molecule has 12 saturated carbocycles. The van der Waals surface area contributed by atoms with Crippen molar-refractivity contribution in [3.63, 3.8) is 0 Å². The summed E-state index contributed by atoms with van der Waals surface area (Å²) in [7, 11) is 3.77. The van der Waals surface area contributed by atoms with Crippen LogP contribution < -0.4 is 0 Å². The lowest BCUT2D eigenvalue weighted by atomic mass is 9.72. The highest BCUT2D eigenvalue weighted by atomic mass is 79.9. The second kappa shape index (κ2) is 3.54. The molecule has 0 spiro atoms. The standard InChI is InChI=1S/C22H20Br4O4/c1-29-21-11-5-6-12-16(24)8-4-3-7(17(21,25)9(4)19(16,27)13(6)21)15(11,23)20(28)10(3)18(8,26)22(12,30-2)14(5)20/h3-14,27-28H,1-2H3/t3-,4+,5-,6+,7-,8-,9-,10-,11+,12+,13-,14-,15+,16+,17-,18-,19+,20+,21+,22+/m0/s1. The van der Waals surface area contributed by atoms with Crippen LogP contribution in [0.5, 0.6) is 0 Å². The number of aliphatic hydroxyl groups is 2. The Bertz CT molecular complexity index is 980. The lowest BCUT2D eigenvalue weighted by molar-refractivity contribution is -0.118. The minimum Gasteiger partial charge on any atom is -0.388 e. The zero-order valence-corrected chi connectivity index (χ0v) is 22.5. The van der Waals surface area contributed by atoms with Crippen LogP contribution in [-0.2, 0) is 9.47 Å². The fraction of sp³-hybridized carbons (Fsp3) is 1.00. The summed E-state index contributed by atoms with van der Waals surface area (Å²) in [6.07, 6.45) is 0. The minimum absolute atomic E-state index is 0.102. The molecule has 12 aliphatic carbocycles. The van der Waals surface area contributed by atoms with Crippen molar-refractivity contribution in [1.82, 2.24) is 0 Å². The van der Waals surface area contributed by atoms with E-state index in [1.165, 1.54) is 0 Å². The summed E-state index contributed by atoms with van der Waals surface area (Å²) in [5, 5.41) is 26.0. The van der Waals surface area contributed by atoms with E-state index in [2.05, 4.69) is 63.7 Å². The Morgan fingerprint density at radius 1 is 0.500 bits per heavy atom. The molecule has 30 heavy (non-hydrogen) atoms. The highest BCUT2D eigenvalue weighted by Gasteiger charge is 3.19. The SMILES string of the molecule is CO[C@@]12[C@@H]3[C@@H]4[C@@H]5[C@@H]6[C@]7(Br)[C@@H]8[C@H]9[C@@H]%10[C@@H]%11[C@@](O)([C@H]4[C@@]6(OC)[C@@]%118Br)[C@@]3(Br)[C@H]%10[C@]1(Br)[C@H]9[C@@]7(O)[C@H]52. The summed E-state index contributed by atoms with van der Waals surface area (Å²) < 4.78 is 12.2. The Labute approximate surface area is 207 Å². The number of alkyl halides is 4. The van der Waals surface area contributed by atoms with Gasteiger partial charge in [0.2, 0.25) is 0 Å². The van der Waals surface area contributed by atoms with Gasteiger partial charge in [-0.05, 0) is 35.5 Å². The van der Waals surface area contributed by atoms with Crippen LogP contribution in [-0.4, -0.2) is 64.1 Å². The van der Waals surface area contributed by atoms with Crippen molar-refractivity contribution < 1.29 is 19.7 Å². The first-order valence-electron chi connectivity index (χ1n) is 11.4. The Morgan fingerprint density at radius 3 is 1.17 bits per heavy atom. The third-order valence-corrected chi connectivity index (χ3v) is 20.9. The smallest absolute Gasteiger partial charge is 0.0942 e. The van der Waals surface area contributed by atoms with Crippen molar-refractivity contribution >= 4 is 63.7 Å². The lowest BCUT2D eigenvalue weighted by Gasteiger charge is -2.47. The average molecular weight is 668 g/mol. The third kappa shape index (κ3) is 0.762. The van der Waals surface area contributed by atoms with Crippen molar-refractivity contribution in [2.75, 3.05) is 14.2 Å². The molecule has 4 nitrogen and oxygen atoms in total. The molecule has 0 heterocycles. The van der Waals surface area contributed by atoms with Gasteiger partial charge in [-0.3, -0.25) is 0 Å². The molecule has 0 aliphatic heterocycles. The van der Waals surface area contributed by atoms with Crippen LogP contribution in [0.3, 0.4) is 0 Å². The van der Waals surface area contributed by atoms with E-state index < -0.39 is 22.4 Å². The van der Waals surface area contributed by atoms with E-state index in [4.69, 9.17) is 9.47 Å². The first-order chi connectivity index (χ1) is 14.1. The fourth-order valence-corrected chi connectivity index (χ4v) is 24.1. The molecular formula is C22H20Br4O4. The molecule has 0 aromatic heterocycles. The molecule has 12 aliphatic rings. The second-order valence-corrected chi connectivity index (χ2v) is 18.1. The second-order valence-electron chi connectivity index (χ2n) is 12.8. The Hall–Kier alpha value is 1.76. The summed E-state index contributed by atoms with van der Waals surface area (Å²) >= 11 is 17.5. The number of rotatable bonds is 2. The first-order valence-corrected chi connectivity index (χ1v) is 14.6. The maximum absolute atomic E-state index is 13.0. The van der Waals surface area contributed by atoms with E-state index >= 15 is 0 Å². The molecule has 12 fully saturated rings. The zero-order valence-electron chi connectivity index (χ0n) is 16.2. The van der Waals surface area contributed by atoms with Gasteiger partial charge < -0.3 is 19.7 Å². The van der Waals surface area contributed by atoms with Crippen molar-refractivity contribution in [2.45, 2.75) is 39.7 Å². The van der Waals surface area contributed by atoms with E-state index in [9.17, 15) is 10.2 Å². The van der Waals surface area contributed by atoms with Crippen molar-refractivity contribution in [2.24, 2.45) is 71.0 Å². The molecule has 0 bridgehead atoms. The summed E-state index contributed by atoms with van der Waals surface area (Å²) in [5.41, 5.74) is -2.40. The van der Waals surface area contributed by atoms with Gasteiger partial charge in [-0.2, -0.15) is 0 Å². The van der Waals surface area contributed by atoms with Crippen LogP contribution in [0.25, 0.3) is 0 Å². The van der Waals surface area contributed by atoms with Gasteiger partial charge in [-0.15, -0.1) is 0 Å². The van der Waals surface area contributed by atoms with Crippen LogP contribution in [0.2, 0.25) is 0 Å². The van der Waals surface area contributed by atoms with Crippen LogP contribution >= 0.6 is 63.7 Å². The van der Waals surface area contributed by atoms with Gasteiger partial charge in [-0.1, -0.05) is 63.7 Å². The Balaban J connectivity index is 1.47. The number of ether oxygens (including phenoxy) is 2. The molecule has 0 radical (unpaired) electrons. The quantitative estimate of drug-likeness (QED) is 0.445. The molecule has 0 unspecified atom stereocenters. The molecule has 0 aromatic carbocycles. The number of methoxy groups -OCH3 is 2. The topological polar surface area (TPSA) is 58.9 Å². The normalized spacial score (nSPS) is 96.0. The molecular weight excluding hydrogens is 648 g/mol. The van der Waals surface area contributed by atoms with E-state index in [0.717, 1.165) is 0 Å². The molecule has 0 saturated heterocycles. The van der Waals surface area contributed by atoms with Gasteiger partial charge in [0.15, 0.2) is 0 Å². The van der Waals surface area contributed by atoms with Crippen LogP contribution in [0.4, 0.5) is 0 Å². The van der Waals surface area contributed by atoms with Gasteiger partial charge in [0, 0.05) is 49.7 Å². The number of halogens is 4. The first kappa shape index (κ1) is 17.2. The van der Waals surface area contributed by atoms with Crippen LogP contribution in [0.15, 0.2) is 0 Å². The molecule has 8 heteroatoms. The van der Waals surface area contributed by atoms with E-state index in [-0.39, 0.29) is 64.6 Å². The van der Waals surface area contributed by atoms with E-state index in [1.54, 1.807) is 0 Å². The van der Waals surface area contributed by atoms with Crippen LogP contribution in [0, 0.1) is 71.0 Å². The maximum atomic E-state index is 13.0. The van der Waals surface area contributed by atoms with Gasteiger partial charge in [0.1, 0.15) is 0 Å². The highest BCUT2D eigenvalue weighted by Crippen LogP contribution is 3.10. The highest BCUT2D eigenvalue weighted by molar-refractivity contribution is 9.11. The molecule has 160 valence electrons.